The van der Waals surface area contributed by atoms with E-state index in [1.54, 1.807) is 11.8 Å². The highest BCUT2D eigenvalue weighted by molar-refractivity contribution is 7.98. The van der Waals surface area contributed by atoms with Gasteiger partial charge in [0.2, 0.25) is 11.7 Å². The summed E-state index contributed by atoms with van der Waals surface area (Å²) in [6, 6.07) is -0.178. The molecular formula is C12H23N3O2S. The third-order valence-electron chi connectivity index (χ3n) is 2.61. The van der Waals surface area contributed by atoms with Gasteiger partial charge < -0.3 is 15.0 Å². The van der Waals surface area contributed by atoms with Gasteiger partial charge in [-0.05, 0) is 31.8 Å². The summed E-state index contributed by atoms with van der Waals surface area (Å²) < 4.78 is 10.8. The summed E-state index contributed by atoms with van der Waals surface area (Å²) in [6.45, 7) is 4.72. The normalized spacial score (nSPS) is 14.7. The van der Waals surface area contributed by atoms with Gasteiger partial charge in [-0.25, -0.2) is 0 Å². The molecule has 0 aromatic carbocycles. The van der Waals surface area contributed by atoms with Crippen LogP contribution in [0.25, 0.3) is 0 Å². The molecule has 0 aliphatic rings. The lowest BCUT2D eigenvalue weighted by atomic mass is 10.2. The zero-order chi connectivity index (χ0) is 13.4. The Morgan fingerprint density at radius 3 is 2.78 bits per heavy atom. The van der Waals surface area contributed by atoms with E-state index in [2.05, 4.69) is 23.3 Å². The smallest absolute Gasteiger partial charge is 0.243 e. The van der Waals surface area contributed by atoms with Crippen LogP contribution in [0.5, 0.6) is 0 Å². The molecule has 104 valence electrons. The number of nitrogens with zero attached hydrogens (tertiary/aromatic N) is 2. The molecular weight excluding hydrogens is 250 g/mol. The van der Waals surface area contributed by atoms with Crippen molar-refractivity contribution in [2.45, 2.75) is 45.3 Å². The Morgan fingerprint density at radius 2 is 2.17 bits per heavy atom. The summed E-state index contributed by atoms with van der Waals surface area (Å²) in [7, 11) is 0. The number of thioether (sulfide) groups is 1. The Morgan fingerprint density at radius 1 is 1.39 bits per heavy atom. The van der Waals surface area contributed by atoms with Crippen molar-refractivity contribution in [1.29, 1.82) is 0 Å². The molecule has 2 N–H and O–H groups in total. The van der Waals surface area contributed by atoms with Crippen molar-refractivity contribution in [3.8, 4) is 0 Å². The lowest BCUT2D eigenvalue weighted by molar-refractivity contribution is 0.0477. The minimum atomic E-state index is -0.178. The van der Waals surface area contributed by atoms with Crippen LogP contribution < -0.4 is 5.73 Å². The molecule has 0 aliphatic heterocycles. The fraction of sp³-hybridized carbons (Fsp3) is 0.833. The average molecular weight is 273 g/mol. The third kappa shape index (κ3) is 4.59. The van der Waals surface area contributed by atoms with E-state index in [0.717, 1.165) is 25.0 Å². The van der Waals surface area contributed by atoms with Gasteiger partial charge >= 0.3 is 0 Å². The molecule has 1 rings (SSSR count). The van der Waals surface area contributed by atoms with Crippen LogP contribution in [0.2, 0.25) is 0 Å². The Balaban J connectivity index is 2.64. The number of hydrogen-bond donors (Lipinski definition) is 1. The second-order valence-corrected chi connectivity index (χ2v) is 5.10. The molecule has 6 heteroatoms. The second kappa shape index (κ2) is 8.50. The van der Waals surface area contributed by atoms with Crippen molar-refractivity contribution in [3.05, 3.63) is 11.7 Å². The topological polar surface area (TPSA) is 74.2 Å². The van der Waals surface area contributed by atoms with E-state index in [1.807, 2.05) is 6.92 Å². The van der Waals surface area contributed by atoms with Crippen molar-refractivity contribution in [2.75, 3.05) is 18.6 Å². The van der Waals surface area contributed by atoms with E-state index in [1.165, 1.54) is 0 Å². The lowest BCUT2D eigenvalue weighted by Gasteiger charge is -2.11. The van der Waals surface area contributed by atoms with E-state index in [9.17, 15) is 0 Å². The second-order valence-electron chi connectivity index (χ2n) is 4.11. The quantitative estimate of drug-likeness (QED) is 0.745. The molecule has 1 unspecified atom stereocenters. The first-order chi connectivity index (χ1) is 8.72. The number of nitrogens with two attached hydrogens (primary N) is 1. The Hall–Kier alpha value is -0.590. The van der Waals surface area contributed by atoms with Crippen molar-refractivity contribution in [1.82, 2.24) is 10.1 Å². The largest absolute Gasteiger partial charge is 0.370 e. The van der Waals surface area contributed by atoms with E-state index in [-0.39, 0.29) is 12.1 Å². The summed E-state index contributed by atoms with van der Waals surface area (Å²) >= 11 is 1.76. The first-order valence-corrected chi connectivity index (χ1v) is 7.81. The molecule has 0 fully saturated rings. The molecule has 1 heterocycles. The highest BCUT2D eigenvalue weighted by Crippen LogP contribution is 2.22. The zero-order valence-corrected chi connectivity index (χ0v) is 12.2. The maximum absolute atomic E-state index is 5.99. The van der Waals surface area contributed by atoms with Crippen molar-refractivity contribution in [3.63, 3.8) is 0 Å². The molecule has 1 aromatic heterocycles. The highest BCUT2D eigenvalue weighted by atomic mass is 32.2. The van der Waals surface area contributed by atoms with Crippen molar-refractivity contribution >= 4 is 11.8 Å². The van der Waals surface area contributed by atoms with E-state index >= 15 is 0 Å². The van der Waals surface area contributed by atoms with Gasteiger partial charge in [-0.1, -0.05) is 18.5 Å². The summed E-state index contributed by atoms with van der Waals surface area (Å²) in [6.07, 6.45) is 4.74. The zero-order valence-electron chi connectivity index (χ0n) is 11.4. The van der Waals surface area contributed by atoms with Crippen LogP contribution >= 0.6 is 11.8 Å². The summed E-state index contributed by atoms with van der Waals surface area (Å²) in [5, 5.41) is 3.98. The van der Waals surface area contributed by atoms with Gasteiger partial charge in [0.15, 0.2) is 0 Å². The van der Waals surface area contributed by atoms with Crippen molar-refractivity contribution < 1.29 is 9.26 Å². The van der Waals surface area contributed by atoms with E-state index in [4.69, 9.17) is 15.0 Å². The molecule has 0 spiro atoms. The maximum atomic E-state index is 5.99. The summed E-state index contributed by atoms with van der Waals surface area (Å²) in [4.78, 5) is 4.36. The fourth-order valence-corrected chi connectivity index (χ4v) is 2.14. The molecule has 0 aliphatic carbocycles. The monoisotopic (exact) mass is 273 g/mol. The number of aromatic nitrogens is 2. The van der Waals surface area contributed by atoms with Crippen LogP contribution in [-0.2, 0) is 4.74 Å². The molecule has 0 saturated carbocycles. The van der Waals surface area contributed by atoms with Gasteiger partial charge in [0.25, 0.3) is 0 Å². The lowest BCUT2D eigenvalue weighted by Crippen LogP contribution is -2.12. The Labute approximate surface area is 113 Å². The molecule has 1 aromatic rings. The summed E-state index contributed by atoms with van der Waals surface area (Å²) in [5.74, 6) is 2.12. The highest BCUT2D eigenvalue weighted by Gasteiger charge is 2.20. The van der Waals surface area contributed by atoms with Crippen LogP contribution in [0.1, 0.15) is 57.0 Å². The first-order valence-electron chi connectivity index (χ1n) is 6.42. The van der Waals surface area contributed by atoms with E-state index < -0.39 is 0 Å². The first kappa shape index (κ1) is 15.5. The SMILES string of the molecule is CCCC(OCC)c1noc([C@H](N)CCSC)n1. The summed E-state index contributed by atoms with van der Waals surface area (Å²) in [5.41, 5.74) is 5.99. The molecule has 0 amide bonds. The van der Waals surface area contributed by atoms with Gasteiger partial charge in [-0.2, -0.15) is 16.7 Å². The number of ether oxygens (including phenoxy) is 1. The number of hydrogen-bond acceptors (Lipinski definition) is 6. The average Bonchev–Trinajstić information content (AvgIpc) is 2.85. The molecule has 0 radical (unpaired) electrons. The van der Waals surface area contributed by atoms with Crippen LogP contribution in [0.15, 0.2) is 4.52 Å². The fourth-order valence-electron chi connectivity index (χ4n) is 1.65. The van der Waals surface area contributed by atoms with Gasteiger partial charge in [-0.3, -0.25) is 0 Å². The third-order valence-corrected chi connectivity index (χ3v) is 3.26. The molecule has 0 saturated heterocycles. The Kier molecular flexibility index (Phi) is 7.31. The standard InChI is InChI=1S/C12H23N3O2S/c1-4-6-10(16-5-2)11-14-12(17-15-11)9(13)7-8-18-3/h9-10H,4-8,13H2,1-3H3/t9-,10?/m1/s1. The predicted molar refractivity (Wildman–Crippen MR) is 73.5 cm³/mol. The van der Waals surface area contributed by atoms with Gasteiger partial charge in [0.1, 0.15) is 6.10 Å². The molecule has 5 nitrogen and oxygen atoms in total. The molecule has 18 heavy (non-hydrogen) atoms. The van der Waals surface area contributed by atoms with Crippen LogP contribution in [0.4, 0.5) is 0 Å². The van der Waals surface area contributed by atoms with E-state index in [0.29, 0.717) is 18.3 Å². The van der Waals surface area contributed by atoms with Crippen molar-refractivity contribution in [2.24, 2.45) is 5.73 Å². The maximum Gasteiger partial charge on any atom is 0.243 e. The van der Waals surface area contributed by atoms with Gasteiger partial charge in [0.05, 0.1) is 6.04 Å². The van der Waals surface area contributed by atoms with Crippen LogP contribution in [0, 0.1) is 0 Å². The van der Waals surface area contributed by atoms with Gasteiger partial charge in [-0.15, -0.1) is 0 Å². The Bertz CT molecular complexity index is 327. The van der Waals surface area contributed by atoms with Crippen LogP contribution in [0.3, 0.4) is 0 Å². The number of rotatable bonds is 9. The molecule has 2 atom stereocenters. The minimum absolute atomic E-state index is 0.0785. The minimum Gasteiger partial charge on any atom is -0.370 e. The van der Waals surface area contributed by atoms with Gasteiger partial charge in [0, 0.05) is 6.61 Å². The van der Waals surface area contributed by atoms with Crippen LogP contribution in [-0.4, -0.2) is 28.8 Å². The molecule has 0 bridgehead atoms. The predicted octanol–water partition coefficient (Wildman–Crippen LogP) is 2.70.